The van der Waals surface area contributed by atoms with Crippen LogP contribution in [0.1, 0.15) is 5.69 Å². The molecule has 0 saturated carbocycles. The first-order valence-corrected chi connectivity index (χ1v) is 8.86. The Kier molecular flexibility index (Phi) is 4.93. The van der Waals surface area contributed by atoms with Gasteiger partial charge in [-0.1, -0.05) is 0 Å². The van der Waals surface area contributed by atoms with Crippen molar-refractivity contribution in [2.24, 2.45) is 0 Å². The van der Waals surface area contributed by atoms with Crippen LogP contribution in [0.5, 0.6) is 0 Å². The van der Waals surface area contributed by atoms with E-state index < -0.39 is 0 Å². The number of aryl methyl sites for hydroxylation is 1. The molecule has 1 aliphatic rings. The van der Waals surface area contributed by atoms with Crippen LogP contribution in [0, 0.1) is 12.7 Å². The van der Waals surface area contributed by atoms with E-state index in [2.05, 4.69) is 20.4 Å². The third-order valence-electron chi connectivity index (χ3n) is 4.47. The third-order valence-corrected chi connectivity index (χ3v) is 4.47. The van der Waals surface area contributed by atoms with Crippen LogP contribution in [0.2, 0.25) is 0 Å². The second-order valence-corrected chi connectivity index (χ2v) is 6.34. The highest BCUT2D eigenvalue weighted by Gasteiger charge is 2.13. The second kappa shape index (κ2) is 7.67. The molecule has 0 bridgehead atoms. The predicted molar refractivity (Wildman–Crippen MR) is 103 cm³/mol. The summed E-state index contributed by atoms with van der Waals surface area (Å²) in [7, 11) is 0. The van der Waals surface area contributed by atoms with Crippen molar-refractivity contribution in [1.29, 1.82) is 0 Å². The number of hydrogen-bond acceptors (Lipinski definition) is 6. The summed E-state index contributed by atoms with van der Waals surface area (Å²) < 4.78 is 18.4. The molecule has 4 rings (SSSR count). The minimum absolute atomic E-state index is 0.270. The van der Waals surface area contributed by atoms with Crippen molar-refractivity contribution in [3.63, 3.8) is 0 Å². The fourth-order valence-electron chi connectivity index (χ4n) is 2.96. The SMILES string of the molecule is Cc1nc(N2CCOCC2)ccc1Nc1ccc(-c2ccc(F)cc2)nn1. The standard InChI is InChI=1S/C20H20FN5O/c1-14-17(7-9-20(22-14)26-10-12-27-13-11-26)23-19-8-6-18(24-25-19)15-2-4-16(21)5-3-15/h2-9H,10-13H2,1H3,(H,23,25). The van der Waals surface area contributed by atoms with Crippen molar-refractivity contribution in [2.75, 3.05) is 36.5 Å². The van der Waals surface area contributed by atoms with Crippen molar-refractivity contribution < 1.29 is 9.13 Å². The van der Waals surface area contributed by atoms with Crippen molar-refractivity contribution in [3.8, 4) is 11.3 Å². The van der Waals surface area contributed by atoms with E-state index in [1.165, 1.54) is 12.1 Å². The number of morpholine rings is 1. The van der Waals surface area contributed by atoms with E-state index in [-0.39, 0.29) is 5.82 Å². The number of hydrogen-bond donors (Lipinski definition) is 1. The smallest absolute Gasteiger partial charge is 0.153 e. The zero-order valence-electron chi connectivity index (χ0n) is 15.0. The average Bonchev–Trinajstić information content (AvgIpc) is 2.71. The number of benzene rings is 1. The van der Waals surface area contributed by atoms with E-state index in [9.17, 15) is 4.39 Å². The number of nitrogens with one attached hydrogen (secondary N) is 1. The van der Waals surface area contributed by atoms with Crippen LogP contribution >= 0.6 is 0 Å². The number of halogens is 1. The molecule has 1 N–H and O–H groups in total. The largest absolute Gasteiger partial charge is 0.378 e. The van der Waals surface area contributed by atoms with Crippen molar-refractivity contribution in [3.05, 3.63) is 60.0 Å². The molecular formula is C20H20FN5O. The maximum atomic E-state index is 13.0. The Hall–Kier alpha value is -3.06. The minimum Gasteiger partial charge on any atom is -0.378 e. The lowest BCUT2D eigenvalue weighted by molar-refractivity contribution is 0.122. The summed E-state index contributed by atoms with van der Waals surface area (Å²) in [6.07, 6.45) is 0. The van der Waals surface area contributed by atoms with Gasteiger partial charge in [-0.3, -0.25) is 0 Å². The number of ether oxygens (including phenoxy) is 1. The molecule has 1 aliphatic heterocycles. The topological polar surface area (TPSA) is 63.2 Å². The van der Waals surface area contributed by atoms with Gasteiger partial charge in [0.25, 0.3) is 0 Å². The fraction of sp³-hybridized carbons (Fsp3) is 0.250. The summed E-state index contributed by atoms with van der Waals surface area (Å²) in [5, 5.41) is 11.7. The van der Waals surface area contributed by atoms with Crippen molar-refractivity contribution in [1.82, 2.24) is 15.2 Å². The molecule has 1 aromatic carbocycles. The molecule has 0 unspecified atom stereocenters. The monoisotopic (exact) mass is 365 g/mol. The molecule has 138 valence electrons. The molecule has 1 saturated heterocycles. The Labute approximate surface area is 157 Å². The molecule has 2 aromatic heterocycles. The van der Waals surface area contributed by atoms with Gasteiger partial charge in [-0.25, -0.2) is 9.37 Å². The minimum atomic E-state index is -0.270. The fourth-order valence-corrected chi connectivity index (χ4v) is 2.96. The molecule has 27 heavy (non-hydrogen) atoms. The molecule has 0 radical (unpaired) electrons. The van der Waals surface area contributed by atoms with Gasteiger partial charge in [-0.2, -0.15) is 0 Å². The van der Waals surface area contributed by atoms with E-state index in [0.717, 1.165) is 49.1 Å². The van der Waals surface area contributed by atoms with Crippen LogP contribution in [0.25, 0.3) is 11.3 Å². The number of nitrogens with zero attached hydrogens (tertiary/aromatic N) is 4. The molecule has 0 atom stereocenters. The van der Waals surface area contributed by atoms with E-state index >= 15 is 0 Å². The zero-order chi connectivity index (χ0) is 18.6. The van der Waals surface area contributed by atoms with E-state index in [1.807, 2.05) is 31.2 Å². The van der Waals surface area contributed by atoms with E-state index in [4.69, 9.17) is 9.72 Å². The molecule has 0 aliphatic carbocycles. The highest BCUT2D eigenvalue weighted by atomic mass is 19.1. The summed E-state index contributed by atoms with van der Waals surface area (Å²) in [6.45, 7) is 5.14. The van der Waals surface area contributed by atoms with Gasteiger partial charge in [0.1, 0.15) is 11.6 Å². The van der Waals surface area contributed by atoms with Crippen LogP contribution < -0.4 is 10.2 Å². The number of anilines is 3. The maximum absolute atomic E-state index is 13.0. The summed E-state index contributed by atoms with van der Waals surface area (Å²) in [4.78, 5) is 6.91. The first kappa shape index (κ1) is 17.4. The van der Waals surface area contributed by atoms with Crippen LogP contribution in [0.4, 0.5) is 21.7 Å². The Bertz CT molecular complexity index is 909. The van der Waals surface area contributed by atoms with E-state index in [0.29, 0.717) is 11.5 Å². The van der Waals surface area contributed by atoms with Crippen LogP contribution in [0.3, 0.4) is 0 Å². The van der Waals surface area contributed by atoms with Gasteiger partial charge in [-0.15, -0.1) is 10.2 Å². The predicted octanol–water partition coefficient (Wildman–Crippen LogP) is 3.57. The Morgan fingerprint density at radius 1 is 0.963 bits per heavy atom. The Morgan fingerprint density at radius 3 is 2.41 bits per heavy atom. The number of pyridine rings is 1. The summed E-state index contributed by atoms with van der Waals surface area (Å²) in [5.41, 5.74) is 3.29. The lowest BCUT2D eigenvalue weighted by atomic mass is 10.1. The molecule has 0 spiro atoms. The quantitative estimate of drug-likeness (QED) is 0.763. The summed E-state index contributed by atoms with van der Waals surface area (Å²) >= 11 is 0. The highest BCUT2D eigenvalue weighted by Crippen LogP contribution is 2.23. The van der Waals surface area contributed by atoms with Gasteiger partial charge in [0.05, 0.1) is 30.3 Å². The van der Waals surface area contributed by atoms with Gasteiger partial charge in [0, 0.05) is 18.7 Å². The number of rotatable bonds is 4. The lowest BCUT2D eigenvalue weighted by Crippen LogP contribution is -2.36. The number of aromatic nitrogens is 3. The normalized spacial score (nSPS) is 14.2. The van der Waals surface area contributed by atoms with Crippen LogP contribution in [-0.2, 0) is 4.74 Å². The lowest BCUT2D eigenvalue weighted by Gasteiger charge is -2.28. The van der Waals surface area contributed by atoms with Gasteiger partial charge < -0.3 is 15.0 Å². The third kappa shape index (κ3) is 4.03. The molecular weight excluding hydrogens is 345 g/mol. The molecule has 6 nitrogen and oxygen atoms in total. The van der Waals surface area contributed by atoms with Crippen LogP contribution in [-0.4, -0.2) is 41.5 Å². The maximum Gasteiger partial charge on any atom is 0.153 e. The average molecular weight is 365 g/mol. The van der Waals surface area contributed by atoms with Crippen molar-refractivity contribution >= 4 is 17.3 Å². The Morgan fingerprint density at radius 2 is 1.74 bits per heavy atom. The first-order valence-electron chi connectivity index (χ1n) is 8.86. The van der Waals surface area contributed by atoms with Crippen molar-refractivity contribution in [2.45, 2.75) is 6.92 Å². The molecule has 0 amide bonds. The van der Waals surface area contributed by atoms with Gasteiger partial charge in [0.2, 0.25) is 0 Å². The van der Waals surface area contributed by atoms with E-state index in [1.54, 1.807) is 12.1 Å². The first-order chi connectivity index (χ1) is 13.2. The zero-order valence-corrected chi connectivity index (χ0v) is 15.0. The van der Waals surface area contributed by atoms with Crippen LogP contribution in [0.15, 0.2) is 48.5 Å². The summed E-state index contributed by atoms with van der Waals surface area (Å²) in [5.74, 6) is 1.32. The van der Waals surface area contributed by atoms with Gasteiger partial charge in [0.15, 0.2) is 5.82 Å². The second-order valence-electron chi connectivity index (χ2n) is 6.34. The van der Waals surface area contributed by atoms with Gasteiger partial charge >= 0.3 is 0 Å². The molecule has 3 heterocycles. The molecule has 3 aromatic rings. The highest BCUT2D eigenvalue weighted by molar-refractivity contribution is 5.63. The molecule has 1 fully saturated rings. The van der Waals surface area contributed by atoms with Gasteiger partial charge in [-0.05, 0) is 55.5 Å². The summed E-state index contributed by atoms with van der Waals surface area (Å²) in [6, 6.07) is 13.9. The molecule has 7 heteroatoms. The Balaban J connectivity index is 1.47.